The molecule has 32 heavy (non-hydrogen) atoms. The number of hydrogen-bond acceptors (Lipinski definition) is 7. The van der Waals surface area contributed by atoms with Crippen LogP contribution in [0.2, 0.25) is 0 Å². The summed E-state index contributed by atoms with van der Waals surface area (Å²) in [6.45, 7) is 7.73. The number of amides is 3. The Morgan fingerprint density at radius 3 is 2.66 bits per heavy atom. The maximum absolute atomic E-state index is 13.2. The Kier molecular flexibility index (Phi) is 5.76. The molecule has 3 heterocycles. The van der Waals surface area contributed by atoms with Gasteiger partial charge in [-0.15, -0.1) is 0 Å². The minimum atomic E-state index is -0.622. The van der Waals surface area contributed by atoms with Gasteiger partial charge in [0.2, 0.25) is 5.91 Å². The molecule has 0 aromatic heterocycles. The van der Waals surface area contributed by atoms with Crippen molar-refractivity contribution in [1.82, 2.24) is 15.3 Å². The second-order valence-electron chi connectivity index (χ2n) is 9.60. The van der Waals surface area contributed by atoms with Crippen LogP contribution in [0.15, 0.2) is 18.2 Å². The SMILES string of the molecule is CC(C)(C)OC(=O)N1CC2(CC(C(=O)N3CCOc4cc(C(=O)NO)ccc4C3)CO2)C1. The summed E-state index contributed by atoms with van der Waals surface area (Å²) in [5.41, 5.74) is 1.63. The Hall–Kier alpha value is -2.85. The summed E-state index contributed by atoms with van der Waals surface area (Å²) in [6, 6.07) is 4.86. The number of nitrogens with one attached hydrogen (secondary N) is 1. The molecule has 3 aliphatic heterocycles. The van der Waals surface area contributed by atoms with Crippen molar-refractivity contribution in [1.29, 1.82) is 0 Å². The Morgan fingerprint density at radius 1 is 1.22 bits per heavy atom. The smallest absolute Gasteiger partial charge is 0.410 e. The van der Waals surface area contributed by atoms with Crippen LogP contribution in [0.25, 0.3) is 0 Å². The van der Waals surface area contributed by atoms with E-state index in [9.17, 15) is 14.4 Å². The predicted octanol–water partition coefficient (Wildman–Crippen LogP) is 1.55. The lowest BCUT2D eigenvalue weighted by molar-refractivity contribution is -0.136. The molecule has 1 spiro atoms. The number of hydroxylamine groups is 1. The Bertz CT molecular complexity index is 921. The molecule has 1 unspecified atom stereocenters. The molecule has 3 aliphatic rings. The van der Waals surface area contributed by atoms with E-state index in [-0.39, 0.29) is 23.5 Å². The van der Waals surface area contributed by atoms with E-state index in [4.69, 9.17) is 19.4 Å². The molecule has 3 amide bonds. The van der Waals surface area contributed by atoms with Crippen LogP contribution in [0.5, 0.6) is 5.75 Å². The van der Waals surface area contributed by atoms with Crippen molar-refractivity contribution in [3.63, 3.8) is 0 Å². The van der Waals surface area contributed by atoms with Gasteiger partial charge in [0, 0.05) is 17.7 Å². The first-order valence-electron chi connectivity index (χ1n) is 10.7. The van der Waals surface area contributed by atoms with Gasteiger partial charge >= 0.3 is 6.09 Å². The molecule has 2 saturated heterocycles. The fraction of sp³-hybridized carbons (Fsp3) is 0.591. The summed E-state index contributed by atoms with van der Waals surface area (Å²) in [4.78, 5) is 40.4. The van der Waals surface area contributed by atoms with Crippen LogP contribution in [-0.2, 0) is 20.8 Å². The molecule has 0 bridgehead atoms. The minimum Gasteiger partial charge on any atom is -0.491 e. The number of benzene rings is 1. The van der Waals surface area contributed by atoms with E-state index in [1.165, 1.54) is 0 Å². The average molecular weight is 447 g/mol. The minimum absolute atomic E-state index is 0.00813. The zero-order chi connectivity index (χ0) is 23.1. The third-order valence-corrected chi connectivity index (χ3v) is 5.89. The van der Waals surface area contributed by atoms with Crippen molar-refractivity contribution < 1.29 is 33.8 Å². The van der Waals surface area contributed by atoms with Crippen molar-refractivity contribution in [2.24, 2.45) is 5.92 Å². The Labute approximate surface area is 186 Å². The van der Waals surface area contributed by atoms with Crippen LogP contribution in [0.4, 0.5) is 4.79 Å². The molecular formula is C22H29N3O7. The molecular weight excluding hydrogens is 418 g/mol. The third kappa shape index (κ3) is 4.51. The summed E-state index contributed by atoms with van der Waals surface area (Å²) in [6.07, 6.45) is 0.197. The fourth-order valence-electron chi connectivity index (χ4n) is 4.35. The zero-order valence-corrected chi connectivity index (χ0v) is 18.6. The highest BCUT2D eigenvalue weighted by molar-refractivity contribution is 5.93. The topological polar surface area (TPSA) is 118 Å². The number of nitrogens with zero attached hydrogens (tertiary/aromatic N) is 2. The average Bonchev–Trinajstić information content (AvgIpc) is 3.05. The van der Waals surface area contributed by atoms with E-state index in [2.05, 4.69) is 0 Å². The number of ether oxygens (including phenoxy) is 3. The Balaban J connectivity index is 1.36. The summed E-state index contributed by atoms with van der Waals surface area (Å²) in [5.74, 6) is -0.390. The van der Waals surface area contributed by atoms with Crippen molar-refractivity contribution in [2.75, 3.05) is 32.8 Å². The van der Waals surface area contributed by atoms with Gasteiger partial charge in [0.15, 0.2) is 0 Å². The molecule has 10 heteroatoms. The van der Waals surface area contributed by atoms with Crippen LogP contribution >= 0.6 is 0 Å². The van der Waals surface area contributed by atoms with Crippen LogP contribution < -0.4 is 10.2 Å². The van der Waals surface area contributed by atoms with E-state index in [0.717, 1.165) is 5.56 Å². The highest BCUT2D eigenvalue weighted by Gasteiger charge is 2.54. The highest BCUT2D eigenvalue weighted by Crippen LogP contribution is 2.39. The van der Waals surface area contributed by atoms with Gasteiger partial charge < -0.3 is 24.0 Å². The molecule has 1 aromatic rings. The number of carbonyl (C=O) groups excluding carboxylic acids is 3. The molecule has 4 rings (SSSR count). The maximum atomic E-state index is 13.2. The highest BCUT2D eigenvalue weighted by atomic mass is 16.6. The quantitative estimate of drug-likeness (QED) is 0.522. The number of rotatable bonds is 2. The number of carbonyl (C=O) groups is 3. The van der Waals surface area contributed by atoms with Gasteiger partial charge in [-0.3, -0.25) is 14.8 Å². The van der Waals surface area contributed by atoms with Gasteiger partial charge in [0.05, 0.1) is 32.2 Å². The molecule has 0 aliphatic carbocycles. The monoisotopic (exact) mass is 447 g/mol. The second-order valence-corrected chi connectivity index (χ2v) is 9.60. The summed E-state index contributed by atoms with van der Waals surface area (Å²) in [7, 11) is 0. The molecule has 10 nitrogen and oxygen atoms in total. The van der Waals surface area contributed by atoms with E-state index in [0.29, 0.717) is 51.6 Å². The predicted molar refractivity (Wildman–Crippen MR) is 111 cm³/mol. The van der Waals surface area contributed by atoms with Crippen LogP contribution in [-0.4, -0.2) is 77.0 Å². The summed E-state index contributed by atoms with van der Waals surface area (Å²) in [5, 5.41) is 8.81. The van der Waals surface area contributed by atoms with Gasteiger partial charge in [-0.05, 0) is 39.3 Å². The molecule has 0 radical (unpaired) electrons. The lowest BCUT2D eigenvalue weighted by atomic mass is 9.87. The number of likely N-dealkylation sites (tertiary alicyclic amines) is 1. The Morgan fingerprint density at radius 2 is 1.97 bits per heavy atom. The van der Waals surface area contributed by atoms with E-state index in [1.807, 2.05) is 20.8 Å². The van der Waals surface area contributed by atoms with E-state index >= 15 is 0 Å². The van der Waals surface area contributed by atoms with Crippen molar-refractivity contribution in [3.8, 4) is 5.75 Å². The van der Waals surface area contributed by atoms with Gasteiger partial charge in [0.25, 0.3) is 5.91 Å². The lowest BCUT2D eigenvalue weighted by Crippen LogP contribution is -2.63. The maximum Gasteiger partial charge on any atom is 0.410 e. The normalized spacial score (nSPS) is 21.8. The fourth-order valence-corrected chi connectivity index (χ4v) is 4.35. The first-order valence-corrected chi connectivity index (χ1v) is 10.7. The summed E-state index contributed by atoms with van der Waals surface area (Å²) < 4.78 is 17.1. The van der Waals surface area contributed by atoms with E-state index in [1.54, 1.807) is 33.5 Å². The van der Waals surface area contributed by atoms with Crippen molar-refractivity contribution in [2.45, 2.75) is 44.9 Å². The molecule has 2 N–H and O–H groups in total. The van der Waals surface area contributed by atoms with Crippen molar-refractivity contribution >= 4 is 17.9 Å². The molecule has 1 atom stereocenters. The van der Waals surface area contributed by atoms with Gasteiger partial charge in [-0.25, -0.2) is 10.3 Å². The van der Waals surface area contributed by atoms with Gasteiger partial charge in [-0.2, -0.15) is 0 Å². The number of hydrogen-bond donors (Lipinski definition) is 2. The largest absolute Gasteiger partial charge is 0.491 e. The standard InChI is InChI=1S/C22H29N3O7/c1-21(2,3)32-20(28)25-12-22(13-25)9-16(11-31-22)19(27)24-6-7-30-17-8-14(18(26)23-29)4-5-15(17)10-24/h4-5,8,16,29H,6-7,9-13H2,1-3H3,(H,23,26). The van der Waals surface area contributed by atoms with Crippen LogP contribution in [0.1, 0.15) is 43.1 Å². The van der Waals surface area contributed by atoms with Crippen LogP contribution in [0, 0.1) is 5.92 Å². The zero-order valence-electron chi connectivity index (χ0n) is 18.6. The van der Waals surface area contributed by atoms with Crippen LogP contribution in [0.3, 0.4) is 0 Å². The van der Waals surface area contributed by atoms with Crippen molar-refractivity contribution in [3.05, 3.63) is 29.3 Å². The molecule has 0 saturated carbocycles. The van der Waals surface area contributed by atoms with E-state index < -0.39 is 17.1 Å². The first kappa shape index (κ1) is 22.3. The lowest BCUT2D eigenvalue weighted by Gasteiger charge is -2.46. The van der Waals surface area contributed by atoms with Gasteiger partial charge in [0.1, 0.15) is 23.6 Å². The first-order chi connectivity index (χ1) is 15.1. The molecule has 1 aromatic carbocycles. The van der Waals surface area contributed by atoms with Gasteiger partial charge in [-0.1, -0.05) is 6.07 Å². The summed E-state index contributed by atoms with van der Waals surface area (Å²) >= 11 is 0. The third-order valence-electron chi connectivity index (χ3n) is 5.89. The second kappa shape index (κ2) is 8.25. The molecule has 174 valence electrons. The molecule has 2 fully saturated rings. The number of fused-ring (bicyclic) bond motifs is 1.